The minimum atomic E-state index is -3.31. The van der Waals surface area contributed by atoms with Crippen molar-refractivity contribution in [1.82, 2.24) is 4.98 Å². The Bertz CT molecular complexity index is 465. The summed E-state index contributed by atoms with van der Waals surface area (Å²) in [5.41, 5.74) is 0. The predicted molar refractivity (Wildman–Crippen MR) is 73.9 cm³/mol. The quantitative estimate of drug-likeness (QED) is 0.736. The molecule has 18 heavy (non-hydrogen) atoms. The third-order valence-corrected chi connectivity index (χ3v) is 3.56. The lowest BCUT2D eigenvalue weighted by Gasteiger charge is -2.05. The molecular formula is C11H17BrN2O3S. The zero-order valence-corrected chi connectivity index (χ0v) is 12.4. The summed E-state index contributed by atoms with van der Waals surface area (Å²) in [7, 11) is -3.31. The molecule has 1 aromatic rings. The fourth-order valence-electron chi connectivity index (χ4n) is 1.42. The highest BCUT2D eigenvalue weighted by Crippen LogP contribution is 2.16. The van der Waals surface area contributed by atoms with E-state index >= 15 is 0 Å². The molecule has 0 amide bonds. The summed E-state index contributed by atoms with van der Waals surface area (Å²) in [6.45, 7) is 0.605. The van der Waals surface area contributed by atoms with Crippen molar-refractivity contribution in [3.8, 4) is 5.75 Å². The number of halogens is 1. The largest absolute Gasteiger partial charge is 0.492 e. The van der Waals surface area contributed by atoms with Gasteiger partial charge < -0.3 is 4.74 Å². The lowest BCUT2D eigenvalue weighted by atomic mass is 10.2. The number of ether oxygens (including phenoxy) is 1. The summed E-state index contributed by atoms with van der Waals surface area (Å²) in [5.74, 6) is 0.789. The van der Waals surface area contributed by atoms with Gasteiger partial charge in [0.05, 0.1) is 18.6 Å². The topological polar surface area (TPSA) is 82.3 Å². The van der Waals surface area contributed by atoms with Gasteiger partial charge in [-0.3, -0.25) is 4.98 Å². The fourth-order valence-corrected chi connectivity index (χ4v) is 2.37. The fraction of sp³-hybridized carbons (Fsp3) is 0.545. The number of primary sulfonamides is 1. The van der Waals surface area contributed by atoms with Crippen LogP contribution in [0.15, 0.2) is 22.9 Å². The molecule has 1 heterocycles. The maximum atomic E-state index is 10.7. The molecule has 1 aromatic heterocycles. The van der Waals surface area contributed by atoms with Gasteiger partial charge in [-0.25, -0.2) is 13.6 Å². The van der Waals surface area contributed by atoms with Gasteiger partial charge in [0.25, 0.3) is 0 Å². The third-order valence-electron chi connectivity index (χ3n) is 2.27. The Kier molecular flexibility index (Phi) is 6.59. The molecule has 0 saturated heterocycles. The van der Waals surface area contributed by atoms with Crippen LogP contribution in [0.25, 0.3) is 0 Å². The van der Waals surface area contributed by atoms with Crippen molar-refractivity contribution in [3.05, 3.63) is 22.9 Å². The molecule has 7 heteroatoms. The van der Waals surface area contributed by atoms with Gasteiger partial charge in [-0.1, -0.05) is 12.8 Å². The summed E-state index contributed by atoms with van der Waals surface area (Å²) in [6, 6.07) is 1.86. The lowest BCUT2D eigenvalue weighted by molar-refractivity contribution is 0.304. The first-order chi connectivity index (χ1) is 8.47. The van der Waals surface area contributed by atoms with Gasteiger partial charge in [0.1, 0.15) is 5.75 Å². The third kappa shape index (κ3) is 7.62. The molecule has 0 aliphatic heterocycles. The molecule has 0 atom stereocenters. The van der Waals surface area contributed by atoms with Gasteiger partial charge in [-0.2, -0.15) is 0 Å². The number of pyridine rings is 1. The number of sulfonamides is 1. The zero-order chi connectivity index (χ0) is 13.4. The van der Waals surface area contributed by atoms with Gasteiger partial charge in [-0.15, -0.1) is 0 Å². The Balaban J connectivity index is 2.06. The van der Waals surface area contributed by atoms with Crippen LogP contribution < -0.4 is 9.88 Å². The van der Waals surface area contributed by atoms with Crippen molar-refractivity contribution in [3.63, 3.8) is 0 Å². The van der Waals surface area contributed by atoms with E-state index < -0.39 is 10.0 Å². The maximum Gasteiger partial charge on any atom is 0.209 e. The van der Waals surface area contributed by atoms with Crippen LogP contribution >= 0.6 is 15.9 Å². The van der Waals surface area contributed by atoms with E-state index in [9.17, 15) is 8.42 Å². The van der Waals surface area contributed by atoms with E-state index in [1.807, 2.05) is 6.07 Å². The average Bonchev–Trinajstić information content (AvgIpc) is 2.26. The van der Waals surface area contributed by atoms with E-state index in [0.29, 0.717) is 13.0 Å². The van der Waals surface area contributed by atoms with Crippen LogP contribution in [-0.4, -0.2) is 25.8 Å². The smallest absolute Gasteiger partial charge is 0.209 e. The number of aromatic nitrogens is 1. The minimum absolute atomic E-state index is 0.0589. The average molecular weight is 337 g/mol. The predicted octanol–water partition coefficient (Wildman–Crippen LogP) is 2.07. The highest BCUT2D eigenvalue weighted by molar-refractivity contribution is 9.10. The highest BCUT2D eigenvalue weighted by Gasteiger charge is 2.01. The molecule has 0 bridgehead atoms. The van der Waals surface area contributed by atoms with Gasteiger partial charge in [0.15, 0.2) is 0 Å². The van der Waals surface area contributed by atoms with Crippen molar-refractivity contribution in [1.29, 1.82) is 0 Å². The second-order valence-corrected chi connectivity index (χ2v) is 6.62. The van der Waals surface area contributed by atoms with Crippen LogP contribution in [-0.2, 0) is 10.0 Å². The summed E-state index contributed by atoms with van der Waals surface area (Å²) < 4.78 is 27.7. The first-order valence-electron chi connectivity index (χ1n) is 5.71. The summed E-state index contributed by atoms with van der Waals surface area (Å²) in [6.07, 6.45) is 6.62. The highest BCUT2D eigenvalue weighted by atomic mass is 79.9. The van der Waals surface area contributed by atoms with Crippen LogP contribution in [0.5, 0.6) is 5.75 Å². The summed E-state index contributed by atoms with van der Waals surface area (Å²) in [5, 5.41) is 4.90. The molecule has 1 rings (SSSR count). The zero-order valence-electron chi connectivity index (χ0n) is 10.0. The standard InChI is InChI=1S/C11H17BrN2O3S/c12-10-7-11(9-14-8-10)17-5-3-1-2-4-6-18(13,15)16/h7-9H,1-6H2,(H2,13,15,16). The van der Waals surface area contributed by atoms with Crippen molar-refractivity contribution < 1.29 is 13.2 Å². The van der Waals surface area contributed by atoms with Crippen LogP contribution in [0.3, 0.4) is 0 Å². The molecule has 5 nitrogen and oxygen atoms in total. The molecule has 0 radical (unpaired) electrons. The van der Waals surface area contributed by atoms with E-state index in [1.54, 1.807) is 12.4 Å². The van der Waals surface area contributed by atoms with Gasteiger partial charge >= 0.3 is 0 Å². The molecule has 102 valence electrons. The van der Waals surface area contributed by atoms with Crippen LogP contribution in [0, 0.1) is 0 Å². The van der Waals surface area contributed by atoms with Crippen LogP contribution in [0.2, 0.25) is 0 Å². The van der Waals surface area contributed by atoms with Gasteiger partial charge in [-0.05, 0) is 34.8 Å². The monoisotopic (exact) mass is 336 g/mol. The molecule has 0 saturated carbocycles. The molecule has 0 unspecified atom stereocenters. The van der Waals surface area contributed by atoms with E-state index in [2.05, 4.69) is 20.9 Å². The molecule has 0 fully saturated rings. The number of rotatable bonds is 8. The maximum absolute atomic E-state index is 10.7. The van der Waals surface area contributed by atoms with Crippen molar-refractivity contribution in [2.75, 3.05) is 12.4 Å². The number of unbranched alkanes of at least 4 members (excludes halogenated alkanes) is 3. The lowest BCUT2D eigenvalue weighted by Crippen LogP contribution is -2.16. The SMILES string of the molecule is NS(=O)(=O)CCCCCCOc1cncc(Br)c1. The van der Waals surface area contributed by atoms with Crippen molar-refractivity contribution in [2.24, 2.45) is 5.14 Å². The van der Waals surface area contributed by atoms with E-state index in [4.69, 9.17) is 9.88 Å². The normalized spacial score (nSPS) is 11.4. The number of hydrogen-bond donors (Lipinski definition) is 1. The molecule has 0 aliphatic rings. The first-order valence-corrected chi connectivity index (χ1v) is 8.22. The molecule has 0 aromatic carbocycles. The molecule has 2 N–H and O–H groups in total. The molecule has 0 spiro atoms. The first kappa shape index (κ1) is 15.4. The summed E-state index contributed by atoms with van der Waals surface area (Å²) in [4.78, 5) is 3.99. The van der Waals surface area contributed by atoms with E-state index in [-0.39, 0.29) is 5.75 Å². The second kappa shape index (κ2) is 7.70. The van der Waals surface area contributed by atoms with Gasteiger partial charge in [0.2, 0.25) is 10.0 Å². The van der Waals surface area contributed by atoms with E-state index in [0.717, 1.165) is 29.5 Å². The molecule has 0 aliphatic carbocycles. The second-order valence-electron chi connectivity index (χ2n) is 3.97. The number of nitrogens with zero attached hydrogens (tertiary/aromatic N) is 1. The Morgan fingerprint density at radius 3 is 2.61 bits per heavy atom. The Morgan fingerprint density at radius 1 is 1.22 bits per heavy atom. The van der Waals surface area contributed by atoms with Crippen LogP contribution in [0.4, 0.5) is 0 Å². The minimum Gasteiger partial charge on any atom is -0.492 e. The molecular weight excluding hydrogens is 320 g/mol. The number of nitrogens with two attached hydrogens (primary N) is 1. The van der Waals surface area contributed by atoms with Crippen molar-refractivity contribution >= 4 is 26.0 Å². The Hall–Kier alpha value is -0.660. The number of hydrogen-bond acceptors (Lipinski definition) is 4. The van der Waals surface area contributed by atoms with Crippen molar-refractivity contribution in [2.45, 2.75) is 25.7 Å². The summed E-state index contributed by atoms with van der Waals surface area (Å²) >= 11 is 3.31. The van der Waals surface area contributed by atoms with Gasteiger partial charge in [0, 0.05) is 10.7 Å². The van der Waals surface area contributed by atoms with Crippen LogP contribution in [0.1, 0.15) is 25.7 Å². The Morgan fingerprint density at radius 2 is 1.94 bits per heavy atom. The Labute approximate surface area is 116 Å². The van der Waals surface area contributed by atoms with E-state index in [1.165, 1.54) is 0 Å².